The van der Waals surface area contributed by atoms with Gasteiger partial charge in [0.25, 0.3) is 5.56 Å². The summed E-state index contributed by atoms with van der Waals surface area (Å²) < 4.78 is 16.6. The van der Waals surface area contributed by atoms with Crippen molar-refractivity contribution in [1.82, 2.24) is 4.73 Å². The van der Waals surface area contributed by atoms with Crippen molar-refractivity contribution >= 4 is 0 Å². The molecular formula is C18H17N3O5. The summed E-state index contributed by atoms with van der Waals surface area (Å²) in [6.45, 7) is 1.55. The Morgan fingerprint density at radius 3 is 2.65 bits per heavy atom. The molecule has 1 aromatic carbocycles. The lowest BCUT2D eigenvalue weighted by Crippen LogP contribution is -2.32. The van der Waals surface area contributed by atoms with Gasteiger partial charge >= 0.3 is 0 Å². The van der Waals surface area contributed by atoms with Gasteiger partial charge < -0.3 is 25.2 Å². The zero-order valence-electron chi connectivity index (χ0n) is 14.4. The highest BCUT2D eigenvalue weighted by atomic mass is 16.5. The number of nitrogens with zero attached hydrogens (tertiary/aromatic N) is 2. The van der Waals surface area contributed by atoms with Crippen LogP contribution in [-0.4, -0.2) is 24.2 Å². The van der Waals surface area contributed by atoms with Crippen LogP contribution in [0.2, 0.25) is 0 Å². The van der Waals surface area contributed by atoms with Gasteiger partial charge in [0.1, 0.15) is 28.9 Å². The molecule has 1 aromatic heterocycles. The first-order valence-electron chi connectivity index (χ1n) is 7.68. The van der Waals surface area contributed by atoms with E-state index in [-0.39, 0.29) is 28.5 Å². The van der Waals surface area contributed by atoms with Crippen LogP contribution in [0.1, 0.15) is 22.7 Å². The van der Waals surface area contributed by atoms with Gasteiger partial charge in [0.2, 0.25) is 5.88 Å². The lowest BCUT2D eigenvalue weighted by Gasteiger charge is -2.27. The zero-order valence-corrected chi connectivity index (χ0v) is 14.4. The van der Waals surface area contributed by atoms with Gasteiger partial charge in [-0.25, -0.2) is 0 Å². The predicted molar refractivity (Wildman–Crippen MR) is 91.5 cm³/mol. The first-order chi connectivity index (χ1) is 12.4. The summed E-state index contributed by atoms with van der Waals surface area (Å²) in [5.41, 5.74) is 6.14. The van der Waals surface area contributed by atoms with Crippen molar-refractivity contribution in [2.24, 2.45) is 5.73 Å². The Bertz CT molecular complexity index is 1020. The topological polar surface area (TPSA) is 120 Å². The first-order valence-corrected chi connectivity index (χ1v) is 7.68. The first kappa shape index (κ1) is 17.2. The molecule has 1 unspecified atom stereocenters. The molecule has 0 aliphatic carbocycles. The molecule has 134 valence electrons. The fraction of sp³-hybridized carbons (Fsp3) is 0.222. The second-order valence-electron chi connectivity index (χ2n) is 5.71. The van der Waals surface area contributed by atoms with Crippen LogP contribution in [0.3, 0.4) is 0 Å². The average Bonchev–Trinajstić information content (AvgIpc) is 2.64. The minimum Gasteiger partial charge on any atom is -0.497 e. The summed E-state index contributed by atoms with van der Waals surface area (Å²) in [7, 11) is 2.98. The Morgan fingerprint density at radius 2 is 2.04 bits per heavy atom. The van der Waals surface area contributed by atoms with E-state index in [4.69, 9.17) is 19.9 Å². The van der Waals surface area contributed by atoms with Crippen molar-refractivity contribution in [3.8, 4) is 23.3 Å². The number of fused-ring (bicyclic) bond motifs is 1. The summed E-state index contributed by atoms with van der Waals surface area (Å²) >= 11 is 0. The van der Waals surface area contributed by atoms with E-state index in [1.165, 1.54) is 20.3 Å². The van der Waals surface area contributed by atoms with Crippen LogP contribution in [-0.2, 0) is 0 Å². The maximum Gasteiger partial charge on any atom is 0.291 e. The van der Waals surface area contributed by atoms with Crippen LogP contribution in [0, 0.1) is 18.3 Å². The number of hydrogen-bond donors (Lipinski definition) is 2. The molecule has 1 aliphatic rings. The molecule has 8 heteroatoms. The van der Waals surface area contributed by atoms with E-state index in [0.29, 0.717) is 21.8 Å². The van der Waals surface area contributed by atoms with Crippen LogP contribution in [0.4, 0.5) is 0 Å². The van der Waals surface area contributed by atoms with Gasteiger partial charge in [0.15, 0.2) is 0 Å². The number of pyridine rings is 1. The molecule has 0 saturated carbocycles. The molecule has 3 N–H and O–H groups in total. The number of benzene rings is 1. The minimum absolute atomic E-state index is 0.0463. The number of allylic oxidation sites excluding steroid dienone is 1. The Kier molecular flexibility index (Phi) is 4.22. The van der Waals surface area contributed by atoms with Crippen molar-refractivity contribution in [3.63, 3.8) is 0 Å². The molecule has 0 bridgehead atoms. The number of ether oxygens (including phenoxy) is 3. The van der Waals surface area contributed by atoms with E-state index in [2.05, 4.69) is 0 Å². The summed E-state index contributed by atoms with van der Waals surface area (Å²) in [5.74, 6) is 0.156. The fourth-order valence-electron chi connectivity index (χ4n) is 3.01. The van der Waals surface area contributed by atoms with E-state index in [1.807, 2.05) is 6.07 Å². The van der Waals surface area contributed by atoms with Gasteiger partial charge in [0, 0.05) is 11.6 Å². The minimum atomic E-state index is -0.875. The maximum atomic E-state index is 12.7. The van der Waals surface area contributed by atoms with E-state index >= 15 is 0 Å². The van der Waals surface area contributed by atoms with Crippen LogP contribution in [0.15, 0.2) is 40.5 Å². The van der Waals surface area contributed by atoms with Crippen molar-refractivity contribution < 1.29 is 19.4 Å². The van der Waals surface area contributed by atoms with Crippen molar-refractivity contribution in [2.75, 3.05) is 14.2 Å². The van der Waals surface area contributed by atoms with E-state index < -0.39 is 11.5 Å². The zero-order chi connectivity index (χ0) is 19.0. The predicted octanol–water partition coefficient (Wildman–Crippen LogP) is 1.63. The number of aryl methyl sites for hydroxylation is 1. The number of aromatic nitrogens is 1. The van der Waals surface area contributed by atoms with Gasteiger partial charge in [-0.3, -0.25) is 4.79 Å². The van der Waals surface area contributed by atoms with Gasteiger partial charge in [-0.2, -0.15) is 9.99 Å². The van der Waals surface area contributed by atoms with Crippen LogP contribution in [0.25, 0.3) is 0 Å². The van der Waals surface area contributed by atoms with Gasteiger partial charge in [0.05, 0.1) is 31.4 Å². The quantitative estimate of drug-likeness (QED) is 0.803. The fourth-order valence-corrected chi connectivity index (χ4v) is 3.01. The van der Waals surface area contributed by atoms with Gasteiger partial charge in [-0.05, 0) is 25.1 Å². The third-order valence-corrected chi connectivity index (χ3v) is 4.29. The van der Waals surface area contributed by atoms with E-state index in [9.17, 15) is 15.3 Å². The molecule has 3 rings (SSSR count). The molecule has 8 nitrogen and oxygen atoms in total. The Balaban J connectivity index is 2.39. The van der Waals surface area contributed by atoms with Gasteiger partial charge in [-0.1, -0.05) is 0 Å². The Hall–Kier alpha value is -3.60. The number of methoxy groups -OCH3 is 2. The van der Waals surface area contributed by atoms with E-state index in [0.717, 1.165) is 0 Å². The summed E-state index contributed by atoms with van der Waals surface area (Å²) in [6, 6.07) is 8.50. The highest BCUT2D eigenvalue weighted by Crippen LogP contribution is 2.44. The number of nitrogens with two attached hydrogens (primary N) is 1. The van der Waals surface area contributed by atoms with Crippen molar-refractivity contribution in [3.05, 3.63) is 62.9 Å². The third-order valence-electron chi connectivity index (χ3n) is 4.29. The number of hydrogen-bond acceptors (Lipinski definition) is 7. The molecule has 26 heavy (non-hydrogen) atoms. The molecular weight excluding hydrogens is 338 g/mol. The molecule has 0 spiro atoms. The largest absolute Gasteiger partial charge is 0.497 e. The second kappa shape index (κ2) is 6.37. The monoisotopic (exact) mass is 355 g/mol. The summed E-state index contributed by atoms with van der Waals surface area (Å²) in [6.07, 6.45) is 0. The molecule has 2 aromatic rings. The molecule has 0 saturated heterocycles. The molecule has 0 radical (unpaired) electrons. The highest BCUT2D eigenvalue weighted by molar-refractivity contribution is 5.59. The van der Waals surface area contributed by atoms with Crippen LogP contribution in [0.5, 0.6) is 17.2 Å². The summed E-state index contributed by atoms with van der Waals surface area (Å²) in [4.78, 5) is 12.7. The SMILES string of the molecule is COc1ccc(OC)c(C2C(C#N)=C(N)Oc3cc(C)n(O)c(=O)c32)c1. The lowest BCUT2D eigenvalue weighted by atomic mass is 9.83. The standard InChI is InChI=1S/C18H17N3O5/c1-9-6-14-16(18(22)21(9)23)15(12(8-19)17(20)26-14)11-7-10(24-2)4-5-13(11)25-3/h4-7,15,23H,20H2,1-3H3. The second-order valence-corrected chi connectivity index (χ2v) is 5.71. The highest BCUT2D eigenvalue weighted by Gasteiger charge is 2.36. The normalized spacial score (nSPS) is 15.7. The molecule has 0 amide bonds. The lowest BCUT2D eigenvalue weighted by molar-refractivity contribution is 0.165. The Morgan fingerprint density at radius 1 is 1.31 bits per heavy atom. The van der Waals surface area contributed by atoms with Crippen molar-refractivity contribution in [2.45, 2.75) is 12.8 Å². The molecule has 0 fully saturated rings. The van der Waals surface area contributed by atoms with Crippen LogP contribution < -0.4 is 25.5 Å². The molecule has 1 atom stereocenters. The van der Waals surface area contributed by atoms with Gasteiger partial charge in [-0.15, -0.1) is 0 Å². The van der Waals surface area contributed by atoms with Crippen LogP contribution >= 0.6 is 0 Å². The average molecular weight is 355 g/mol. The molecule has 1 aliphatic heterocycles. The van der Waals surface area contributed by atoms with E-state index in [1.54, 1.807) is 25.1 Å². The molecule has 2 heterocycles. The third kappa shape index (κ3) is 2.50. The van der Waals surface area contributed by atoms with Crippen molar-refractivity contribution in [1.29, 1.82) is 5.26 Å². The number of rotatable bonds is 3. The smallest absolute Gasteiger partial charge is 0.291 e. The maximum absolute atomic E-state index is 12.7. The summed E-state index contributed by atoms with van der Waals surface area (Å²) in [5, 5.41) is 19.7. The Labute approximate surface area is 149 Å². The number of nitriles is 1.